The molecule has 10 aromatic carbocycles. The Hall–Kier alpha value is -11.4. The summed E-state index contributed by atoms with van der Waals surface area (Å²) in [6.07, 6.45) is 22.1. The van der Waals surface area contributed by atoms with Crippen molar-refractivity contribution in [3.63, 3.8) is 0 Å². The van der Waals surface area contributed by atoms with E-state index in [0.717, 1.165) is 137 Å². The molecule has 0 fully saturated rings. The second-order valence-electron chi connectivity index (χ2n) is 38.3. The van der Waals surface area contributed by atoms with Crippen molar-refractivity contribution in [1.82, 2.24) is 5.32 Å². The first-order chi connectivity index (χ1) is 64.5. The van der Waals surface area contributed by atoms with Crippen molar-refractivity contribution in [2.45, 2.75) is 166 Å². The van der Waals surface area contributed by atoms with E-state index in [-0.39, 0.29) is 48.7 Å². The van der Waals surface area contributed by atoms with Crippen molar-refractivity contribution >= 4 is 158 Å². The molecule has 2 atom stereocenters. The van der Waals surface area contributed by atoms with Crippen LogP contribution < -0.4 is 26.6 Å². The zero-order valence-electron chi connectivity index (χ0n) is 78.8. The van der Waals surface area contributed by atoms with Gasteiger partial charge in [0.15, 0.2) is 11.4 Å². The predicted octanol–water partition coefficient (Wildman–Crippen LogP) is 20.8. The van der Waals surface area contributed by atoms with Gasteiger partial charge in [0, 0.05) is 141 Å². The molecule has 4 heterocycles. The first-order valence-electron chi connectivity index (χ1n) is 46.7. The number of allylic oxidation sites excluding steroid dienone is 15. The highest BCUT2D eigenvalue weighted by atomic mass is 32.2. The summed E-state index contributed by atoms with van der Waals surface area (Å²) in [6, 6.07) is 65.8. The molecule has 2 unspecified atom stereocenters. The van der Waals surface area contributed by atoms with E-state index in [9.17, 15) is 61.5 Å². The summed E-state index contributed by atoms with van der Waals surface area (Å²) in [5, 5.41) is 11.9. The third kappa shape index (κ3) is 21.6. The molecule has 27 heteroatoms. The predicted molar refractivity (Wildman–Crippen MR) is 549 cm³/mol. The summed E-state index contributed by atoms with van der Waals surface area (Å²) >= 11 is 1.63. The number of esters is 1. The molecule has 0 aromatic heterocycles. The lowest BCUT2D eigenvalue weighted by molar-refractivity contribution is -0.438. The molecule has 22 nitrogen and oxygen atoms in total. The molecule has 0 saturated heterocycles. The van der Waals surface area contributed by atoms with E-state index in [1.54, 1.807) is 18.8 Å². The molecule has 0 saturated carbocycles. The molecular weight excluding hydrogens is 1810 g/mol. The van der Waals surface area contributed by atoms with Crippen LogP contribution in [0.2, 0.25) is 0 Å². The van der Waals surface area contributed by atoms with Gasteiger partial charge in [-0.25, -0.2) is 16.8 Å². The zero-order chi connectivity index (χ0) is 97.2. The van der Waals surface area contributed by atoms with E-state index in [4.69, 9.17) is 16.2 Å². The number of thioether (sulfide) groups is 1. The smallest absolute Gasteiger partial charge is 0.309 e. The molecule has 4 aliphatic heterocycles. The number of rotatable bonds is 32. The van der Waals surface area contributed by atoms with Gasteiger partial charge < -0.3 is 40.4 Å². The quantitative estimate of drug-likeness (QED) is 0.00859. The molecule has 0 spiro atoms. The van der Waals surface area contributed by atoms with Crippen molar-refractivity contribution in [3.8, 4) is 0 Å². The van der Waals surface area contributed by atoms with Crippen LogP contribution in [0.3, 0.4) is 0 Å². The molecule has 136 heavy (non-hydrogen) atoms. The van der Waals surface area contributed by atoms with Gasteiger partial charge in [-0.1, -0.05) is 185 Å². The SMILES string of the molecule is CCOC(=O)C1CC(/C=C/C2=[N+](CCCCS(=O)(=O)[O-])c3ccc4ccccc4c3C2(C)C)=C(c2ccc(N)cc2)C(=C/C=C2/N(CCCCS(=O)(=O)O)c3ccc4ccccc4c3C2(C)C)/C1.CNC(=O)C1CC(/C=C/C2=[N+](CCCCS(=O)(=O)[O-])c3ccc4ccccc4c3C2(C)C)=C(Sc2ccc(N)cc2)C(=C/C=C2/N(CCCCS(=O)(=O)O)c3ccc4ccccc4c3C2(C)C)/C1. The van der Waals surface area contributed by atoms with Gasteiger partial charge in [0.25, 0.3) is 20.2 Å². The van der Waals surface area contributed by atoms with E-state index in [1.807, 2.05) is 104 Å². The minimum atomic E-state index is -4.36. The minimum absolute atomic E-state index is 0.0609. The number of unbranched alkanes of at least 4 members (excludes halogenated alkanes) is 4. The Morgan fingerprint density at radius 2 is 0.846 bits per heavy atom. The van der Waals surface area contributed by atoms with E-state index < -0.39 is 79.6 Å². The van der Waals surface area contributed by atoms with Crippen LogP contribution >= 0.6 is 11.8 Å². The van der Waals surface area contributed by atoms with Gasteiger partial charge in [-0.05, 0) is 259 Å². The van der Waals surface area contributed by atoms with E-state index in [2.05, 4.69) is 225 Å². The summed E-state index contributed by atoms with van der Waals surface area (Å²) in [6.45, 7) is 21.8. The summed E-state index contributed by atoms with van der Waals surface area (Å²) in [7, 11) is -15.3. The number of hydrogen-bond donors (Lipinski definition) is 5. The van der Waals surface area contributed by atoms with Gasteiger partial charge in [0.1, 0.15) is 13.1 Å². The van der Waals surface area contributed by atoms with Crippen LogP contribution in [-0.4, -0.2) is 147 Å². The fraction of sp³-hybridized carbons (Fsp3) is 0.339. The Balaban J connectivity index is 0.000000207. The third-order valence-electron chi connectivity index (χ3n) is 27.5. The number of nitrogens with two attached hydrogens (primary N) is 2. The number of nitrogen functional groups attached to an aromatic ring is 2. The lowest BCUT2D eigenvalue weighted by Gasteiger charge is -2.29. The van der Waals surface area contributed by atoms with Gasteiger partial charge in [0.05, 0.1) is 55.1 Å². The van der Waals surface area contributed by atoms with E-state index in [0.29, 0.717) is 102 Å². The van der Waals surface area contributed by atoms with Crippen LogP contribution in [0.15, 0.2) is 286 Å². The fourth-order valence-corrected chi connectivity index (χ4v) is 24.6. The highest BCUT2D eigenvalue weighted by molar-refractivity contribution is 8.03. The fourth-order valence-electron chi connectivity index (χ4n) is 21.2. The zero-order valence-corrected chi connectivity index (χ0v) is 82.9. The molecule has 6 aliphatic rings. The van der Waals surface area contributed by atoms with Gasteiger partial charge >= 0.3 is 5.97 Å². The van der Waals surface area contributed by atoms with Crippen molar-refractivity contribution in [3.05, 3.63) is 309 Å². The third-order valence-corrected chi connectivity index (χ3v) is 32.0. The largest absolute Gasteiger partial charge is 0.748 e. The Labute approximate surface area is 804 Å². The molecule has 0 bridgehead atoms. The van der Waals surface area contributed by atoms with Crippen LogP contribution in [0.25, 0.3) is 48.7 Å². The number of carbonyl (C=O) groups is 2. The number of fused-ring (bicyclic) bond motifs is 12. The van der Waals surface area contributed by atoms with Gasteiger partial charge in [0.2, 0.25) is 17.3 Å². The maximum Gasteiger partial charge on any atom is 0.309 e. The lowest BCUT2D eigenvalue weighted by atomic mass is 9.76. The van der Waals surface area contributed by atoms with Crippen molar-refractivity contribution in [2.75, 3.05) is 84.1 Å². The first-order valence-corrected chi connectivity index (χ1v) is 53.9. The standard InChI is InChI=1S/C55H61N3O8S2.C54H60N4O7S3/c1-6-66-53(59)42-35-40(23-29-48-54(2,3)51-44-17-9-7-15-37(44)21-27-46(51)57(48)31-11-13-33-67(60,61)62)50(39-19-25-43(56)26-20-39)41(36-42)24-30-49-55(4,5)52-45-18-10-8-16-38(45)22-28-47(52)58(49)32-12-14-34-68(63,64)65;1-53(2)47(57(30-10-12-32-67(60,61)62)45-26-18-36-14-6-8-16-43(36)49(45)53)28-20-38-34-40(52(59)56-5)35-39(51(38)66-42-24-22-41(55)23-25-42)21-29-48-54(3,4)50-44-17-9-7-15-37(44)19-27-46(50)58(48)31-11-13-33-68(63,64)65/h7-10,15-30,42,56H,6,11-14,31-36H2,1-5H3,(H2,60,61,62,63,64,65);6-9,14-29,40H,10-13,30-35,55H2,1-5H3,(H2-,56,59,60,61,62,63,64,65)/b40-23+,48-29+;. The average Bonchev–Trinajstić information content (AvgIpc) is 1.58. The van der Waals surface area contributed by atoms with Crippen LogP contribution in [0.4, 0.5) is 34.1 Å². The Morgan fingerprint density at radius 3 is 1.27 bits per heavy atom. The molecule has 712 valence electrons. The maximum atomic E-state index is 13.9. The molecule has 10 aromatic rings. The first kappa shape index (κ1) is 99.1. The summed E-state index contributed by atoms with van der Waals surface area (Å²) < 4.78 is 146. The van der Waals surface area contributed by atoms with Crippen molar-refractivity contribution in [1.29, 1.82) is 0 Å². The van der Waals surface area contributed by atoms with E-state index in [1.165, 1.54) is 16.7 Å². The Morgan fingerprint density at radius 1 is 0.456 bits per heavy atom. The number of benzene rings is 10. The summed E-state index contributed by atoms with van der Waals surface area (Å²) in [5.74, 6) is -2.68. The van der Waals surface area contributed by atoms with Crippen LogP contribution in [-0.2, 0) is 76.5 Å². The lowest BCUT2D eigenvalue weighted by Crippen LogP contribution is -2.30. The highest BCUT2D eigenvalue weighted by Crippen LogP contribution is 2.56. The topological polar surface area (TPSA) is 343 Å². The van der Waals surface area contributed by atoms with Crippen LogP contribution in [0.1, 0.15) is 167 Å². The van der Waals surface area contributed by atoms with Crippen molar-refractivity contribution in [2.24, 2.45) is 11.8 Å². The second-order valence-corrected chi connectivity index (χ2v) is 45.6. The molecular formula is C109H121N7O15S5. The number of anilines is 4. The number of nitrogens with one attached hydrogen (secondary N) is 1. The Bertz CT molecular complexity index is 7220. The van der Waals surface area contributed by atoms with Gasteiger partial charge in [-0.15, -0.1) is 0 Å². The normalized spacial score (nSPS) is 19.2. The monoisotopic (exact) mass is 1930 g/mol. The van der Waals surface area contributed by atoms with E-state index >= 15 is 0 Å². The summed E-state index contributed by atoms with van der Waals surface area (Å²) in [5.41, 5.74) is 30.5. The van der Waals surface area contributed by atoms with Crippen molar-refractivity contribution < 1.29 is 75.4 Å². The molecule has 1 amide bonds. The van der Waals surface area contributed by atoms with Gasteiger partial charge in [-0.3, -0.25) is 18.7 Å². The number of hydrogen-bond acceptors (Lipinski definition) is 18. The number of nitrogens with zero attached hydrogens (tertiary/aromatic N) is 4. The van der Waals surface area contributed by atoms with Crippen LogP contribution in [0.5, 0.6) is 0 Å². The highest BCUT2D eigenvalue weighted by Gasteiger charge is 2.49. The Kier molecular flexibility index (Phi) is 29.4. The maximum absolute atomic E-state index is 13.9. The molecule has 7 N–H and O–H groups in total. The van der Waals surface area contributed by atoms with Gasteiger partial charge in [-0.2, -0.15) is 26.0 Å². The molecule has 0 radical (unpaired) electrons. The number of amides is 1. The number of carbonyl (C=O) groups excluding carboxylic acids is 2. The number of ether oxygens (including phenoxy) is 1. The average molecular weight is 1930 g/mol. The molecule has 2 aliphatic carbocycles. The molecule has 16 rings (SSSR count). The minimum Gasteiger partial charge on any atom is -0.748 e. The van der Waals surface area contributed by atoms with Crippen LogP contribution in [0, 0.1) is 11.8 Å². The second kappa shape index (κ2) is 40.4. The summed E-state index contributed by atoms with van der Waals surface area (Å²) in [4.78, 5) is 34.3.